The molecule has 2 rings (SSSR count). The lowest BCUT2D eigenvalue weighted by molar-refractivity contribution is -0.113. The van der Waals surface area contributed by atoms with Crippen LogP contribution in [-0.4, -0.2) is 21.9 Å². The molecule has 0 bridgehead atoms. The van der Waals surface area contributed by atoms with Crippen LogP contribution in [0.4, 0.5) is 5.69 Å². The molecule has 1 aromatic carbocycles. The van der Waals surface area contributed by atoms with Gasteiger partial charge in [-0.3, -0.25) is 4.79 Å². The van der Waals surface area contributed by atoms with E-state index in [9.17, 15) is 4.79 Å². The van der Waals surface area contributed by atoms with Crippen molar-refractivity contribution in [3.05, 3.63) is 34.7 Å². The summed E-state index contributed by atoms with van der Waals surface area (Å²) >= 11 is 7.18. The molecule has 20 heavy (non-hydrogen) atoms. The number of anilines is 1. The van der Waals surface area contributed by atoms with Gasteiger partial charge < -0.3 is 15.5 Å². The zero-order chi connectivity index (χ0) is 14.5. The molecule has 1 aromatic heterocycles. The minimum atomic E-state index is -0.201. The Labute approximate surface area is 125 Å². The van der Waals surface area contributed by atoms with Gasteiger partial charge in [0, 0.05) is 0 Å². The maximum Gasteiger partial charge on any atom is 0.277 e. The van der Waals surface area contributed by atoms with Crippen LogP contribution < -0.4 is 11.1 Å². The predicted molar refractivity (Wildman–Crippen MR) is 77.7 cm³/mol. The molecule has 0 fully saturated rings. The Hall–Kier alpha value is -1.57. The quantitative estimate of drug-likeness (QED) is 0.822. The summed E-state index contributed by atoms with van der Waals surface area (Å²) in [5.41, 5.74) is 6.96. The van der Waals surface area contributed by atoms with Crippen molar-refractivity contribution < 1.29 is 9.21 Å². The van der Waals surface area contributed by atoms with E-state index in [-0.39, 0.29) is 18.2 Å². The number of aromatic nitrogens is 2. The minimum absolute atomic E-state index is 0.149. The number of halogens is 1. The van der Waals surface area contributed by atoms with Gasteiger partial charge >= 0.3 is 0 Å². The Morgan fingerprint density at radius 1 is 1.50 bits per heavy atom. The molecule has 6 nitrogen and oxygen atoms in total. The second kappa shape index (κ2) is 6.74. The molecule has 8 heteroatoms. The number of thioether (sulfide) groups is 1. The number of aryl methyl sites for hydroxylation is 1. The smallest absolute Gasteiger partial charge is 0.277 e. The van der Waals surface area contributed by atoms with Crippen LogP contribution in [-0.2, 0) is 11.3 Å². The Morgan fingerprint density at radius 3 is 2.95 bits per heavy atom. The number of benzene rings is 1. The molecule has 0 unspecified atom stereocenters. The molecule has 0 radical (unpaired) electrons. The summed E-state index contributed by atoms with van der Waals surface area (Å²) in [5.74, 6) is 0.291. The number of nitrogens with zero attached hydrogens (tertiary/aromatic N) is 2. The average molecular weight is 313 g/mol. The number of nitrogens with one attached hydrogen (secondary N) is 1. The predicted octanol–water partition coefficient (Wildman–Crippen LogP) is 2.22. The molecule has 106 valence electrons. The number of carbonyl (C=O) groups excluding carboxylic acids is 1. The highest BCUT2D eigenvalue weighted by molar-refractivity contribution is 7.99. The van der Waals surface area contributed by atoms with Crippen molar-refractivity contribution in [3.63, 3.8) is 0 Å². The molecule has 2 aromatic rings. The summed E-state index contributed by atoms with van der Waals surface area (Å²) in [4.78, 5) is 11.8. The molecular weight excluding hydrogens is 300 g/mol. The topological polar surface area (TPSA) is 94.0 Å². The van der Waals surface area contributed by atoms with Crippen LogP contribution in [0.15, 0.2) is 27.8 Å². The molecule has 0 saturated heterocycles. The summed E-state index contributed by atoms with van der Waals surface area (Å²) < 4.78 is 5.18. The third-order valence-electron chi connectivity index (χ3n) is 2.35. The first-order valence-corrected chi connectivity index (χ1v) is 7.16. The van der Waals surface area contributed by atoms with Crippen LogP contribution >= 0.6 is 23.4 Å². The molecule has 0 aliphatic rings. The molecule has 1 heterocycles. The fourth-order valence-corrected chi connectivity index (χ4v) is 2.28. The second-order valence-corrected chi connectivity index (χ2v) is 5.32. The fourth-order valence-electron chi connectivity index (χ4n) is 1.41. The van der Waals surface area contributed by atoms with Crippen molar-refractivity contribution in [2.75, 3.05) is 11.1 Å². The Balaban J connectivity index is 1.89. The average Bonchev–Trinajstić information content (AvgIpc) is 2.88. The zero-order valence-corrected chi connectivity index (χ0v) is 12.3. The van der Waals surface area contributed by atoms with Crippen LogP contribution in [0.3, 0.4) is 0 Å². The Morgan fingerprint density at radius 2 is 2.30 bits per heavy atom. The summed E-state index contributed by atoms with van der Waals surface area (Å²) in [6.45, 7) is 2.11. The standard InChI is InChI=1S/C12H13ClN4O2S/c1-7-2-3-9(8(13)4-7)15-10(18)6-20-12-17-16-11(5-14)19-12/h2-4H,5-6,14H2,1H3,(H,15,18). The van der Waals surface area contributed by atoms with Gasteiger partial charge in [0.2, 0.25) is 11.8 Å². The summed E-state index contributed by atoms with van der Waals surface area (Å²) in [6.07, 6.45) is 0. The molecule has 0 atom stereocenters. The van der Waals surface area contributed by atoms with Gasteiger partial charge in [0.15, 0.2) is 0 Å². The van der Waals surface area contributed by atoms with Gasteiger partial charge in [-0.05, 0) is 24.6 Å². The first-order chi connectivity index (χ1) is 9.58. The van der Waals surface area contributed by atoms with Gasteiger partial charge in [0.25, 0.3) is 5.22 Å². The monoisotopic (exact) mass is 312 g/mol. The maximum atomic E-state index is 11.8. The van der Waals surface area contributed by atoms with Gasteiger partial charge in [-0.2, -0.15) is 0 Å². The molecule has 0 spiro atoms. The highest BCUT2D eigenvalue weighted by Crippen LogP contribution is 2.23. The lowest BCUT2D eigenvalue weighted by atomic mass is 10.2. The van der Waals surface area contributed by atoms with Crippen LogP contribution in [0, 0.1) is 6.92 Å². The zero-order valence-electron chi connectivity index (χ0n) is 10.7. The first-order valence-electron chi connectivity index (χ1n) is 5.79. The Kier molecular flexibility index (Phi) is 4.99. The number of rotatable bonds is 5. The molecule has 1 amide bonds. The van der Waals surface area contributed by atoms with Crippen molar-refractivity contribution in [2.45, 2.75) is 18.7 Å². The maximum absolute atomic E-state index is 11.8. The van der Waals surface area contributed by atoms with E-state index in [2.05, 4.69) is 15.5 Å². The highest BCUT2D eigenvalue weighted by Gasteiger charge is 2.10. The van der Waals surface area contributed by atoms with E-state index in [0.29, 0.717) is 21.8 Å². The molecular formula is C12H13ClN4O2S. The number of carbonyl (C=O) groups is 1. The molecule has 0 aliphatic carbocycles. The lowest BCUT2D eigenvalue weighted by Gasteiger charge is -2.06. The van der Waals surface area contributed by atoms with Gasteiger partial charge in [0.05, 0.1) is 23.0 Å². The van der Waals surface area contributed by atoms with E-state index in [4.69, 9.17) is 21.8 Å². The molecule has 3 N–H and O–H groups in total. The van der Waals surface area contributed by atoms with Crippen molar-refractivity contribution in [1.29, 1.82) is 0 Å². The van der Waals surface area contributed by atoms with Gasteiger partial charge in [-0.15, -0.1) is 10.2 Å². The van der Waals surface area contributed by atoms with Crippen molar-refractivity contribution in [2.24, 2.45) is 5.73 Å². The van der Waals surface area contributed by atoms with Crippen LogP contribution in [0.1, 0.15) is 11.5 Å². The number of amides is 1. The SMILES string of the molecule is Cc1ccc(NC(=O)CSc2nnc(CN)o2)c(Cl)c1. The number of nitrogens with two attached hydrogens (primary N) is 1. The summed E-state index contributed by atoms with van der Waals surface area (Å²) in [6, 6.07) is 5.43. The van der Waals surface area contributed by atoms with E-state index in [0.717, 1.165) is 17.3 Å². The summed E-state index contributed by atoms with van der Waals surface area (Å²) in [5, 5.41) is 11.0. The minimum Gasteiger partial charge on any atom is -0.415 e. The second-order valence-electron chi connectivity index (χ2n) is 3.99. The lowest BCUT2D eigenvalue weighted by Crippen LogP contribution is -2.14. The molecule has 0 aliphatic heterocycles. The van der Waals surface area contributed by atoms with Crippen LogP contribution in [0.5, 0.6) is 0 Å². The van der Waals surface area contributed by atoms with Crippen molar-refractivity contribution in [1.82, 2.24) is 10.2 Å². The largest absolute Gasteiger partial charge is 0.415 e. The first kappa shape index (κ1) is 14.8. The van der Waals surface area contributed by atoms with E-state index in [1.54, 1.807) is 12.1 Å². The van der Waals surface area contributed by atoms with E-state index >= 15 is 0 Å². The number of hydrogen-bond acceptors (Lipinski definition) is 6. The Bertz CT molecular complexity index is 617. The third kappa shape index (κ3) is 3.96. The normalized spacial score (nSPS) is 10.6. The van der Waals surface area contributed by atoms with E-state index in [1.165, 1.54) is 0 Å². The highest BCUT2D eigenvalue weighted by atomic mass is 35.5. The van der Waals surface area contributed by atoms with E-state index in [1.807, 2.05) is 13.0 Å². The van der Waals surface area contributed by atoms with Gasteiger partial charge in [-0.25, -0.2) is 0 Å². The molecule has 0 saturated carbocycles. The van der Waals surface area contributed by atoms with Crippen molar-refractivity contribution in [3.8, 4) is 0 Å². The van der Waals surface area contributed by atoms with Gasteiger partial charge in [-0.1, -0.05) is 29.4 Å². The van der Waals surface area contributed by atoms with Crippen molar-refractivity contribution >= 4 is 35.0 Å². The fraction of sp³-hybridized carbons (Fsp3) is 0.250. The van der Waals surface area contributed by atoms with E-state index < -0.39 is 0 Å². The van der Waals surface area contributed by atoms with Gasteiger partial charge in [0.1, 0.15) is 0 Å². The third-order valence-corrected chi connectivity index (χ3v) is 3.48. The van der Waals surface area contributed by atoms with Crippen LogP contribution in [0.25, 0.3) is 0 Å². The summed E-state index contributed by atoms with van der Waals surface area (Å²) in [7, 11) is 0. The van der Waals surface area contributed by atoms with Crippen LogP contribution in [0.2, 0.25) is 5.02 Å². The number of hydrogen-bond donors (Lipinski definition) is 2.